The summed E-state index contributed by atoms with van der Waals surface area (Å²) in [6.45, 7) is 3.81. The molecule has 0 aliphatic rings. The molecule has 8 nitrogen and oxygen atoms in total. The van der Waals surface area contributed by atoms with Gasteiger partial charge in [0.05, 0.1) is 5.25 Å². The maximum atomic E-state index is 12.5. The summed E-state index contributed by atoms with van der Waals surface area (Å²) in [6.07, 6.45) is 4.08. The van der Waals surface area contributed by atoms with Crippen LogP contribution in [0, 0.1) is 6.92 Å². The minimum atomic E-state index is -0.294. The van der Waals surface area contributed by atoms with Crippen molar-refractivity contribution in [1.82, 2.24) is 29.9 Å². The first-order valence-electron chi connectivity index (χ1n) is 7.66. The van der Waals surface area contributed by atoms with E-state index < -0.39 is 0 Å². The molecule has 1 atom stereocenters. The molecule has 3 aromatic heterocycles. The average Bonchev–Trinajstić information content (AvgIpc) is 3.19. The largest absolute Gasteiger partial charge is 0.305 e. The Morgan fingerprint density at radius 2 is 2.04 bits per heavy atom. The summed E-state index contributed by atoms with van der Waals surface area (Å²) in [5, 5.41) is 20.8. The van der Waals surface area contributed by atoms with Crippen LogP contribution in [-0.4, -0.2) is 41.1 Å². The number of thioether (sulfide) groups is 1. The molecule has 0 spiro atoms. The highest BCUT2D eigenvalue weighted by molar-refractivity contribution is 8.00. The lowest BCUT2D eigenvalue weighted by atomic mass is 10.2. The Labute approximate surface area is 153 Å². The number of rotatable bonds is 6. The highest BCUT2D eigenvalue weighted by Gasteiger charge is 2.23. The molecule has 0 bridgehead atoms. The fourth-order valence-corrected chi connectivity index (χ4v) is 3.67. The number of pyridine rings is 1. The van der Waals surface area contributed by atoms with Crippen molar-refractivity contribution in [3.8, 4) is 11.4 Å². The van der Waals surface area contributed by atoms with E-state index in [-0.39, 0.29) is 11.2 Å². The summed E-state index contributed by atoms with van der Waals surface area (Å²) < 4.78 is 1.88. The predicted octanol–water partition coefficient (Wildman–Crippen LogP) is 2.55. The van der Waals surface area contributed by atoms with Gasteiger partial charge in [0, 0.05) is 25.0 Å². The molecule has 0 fully saturated rings. The van der Waals surface area contributed by atoms with Gasteiger partial charge in [0.25, 0.3) is 0 Å². The summed E-state index contributed by atoms with van der Waals surface area (Å²) in [4.78, 5) is 16.5. The molecule has 0 aromatic carbocycles. The van der Waals surface area contributed by atoms with Crippen LogP contribution in [0.3, 0.4) is 0 Å². The number of nitrogens with zero attached hydrogens (tertiary/aromatic N) is 6. The first kappa shape index (κ1) is 17.5. The maximum Gasteiger partial charge on any atom is 0.239 e. The minimum Gasteiger partial charge on any atom is -0.305 e. The first-order valence-corrected chi connectivity index (χ1v) is 9.35. The van der Waals surface area contributed by atoms with Gasteiger partial charge < -0.3 is 4.57 Å². The minimum absolute atomic E-state index is 0.114. The van der Waals surface area contributed by atoms with Gasteiger partial charge in [-0.1, -0.05) is 30.0 Å². The number of amides is 1. The van der Waals surface area contributed by atoms with Crippen LogP contribution in [-0.2, 0) is 11.8 Å². The van der Waals surface area contributed by atoms with E-state index in [0.29, 0.717) is 16.7 Å². The molecule has 130 valence electrons. The molecule has 1 N–H and O–H groups in total. The molecule has 10 heteroatoms. The van der Waals surface area contributed by atoms with Gasteiger partial charge in [0.1, 0.15) is 5.01 Å². The van der Waals surface area contributed by atoms with Crippen LogP contribution in [0.4, 0.5) is 5.13 Å². The molecule has 0 aliphatic heterocycles. The second-order valence-electron chi connectivity index (χ2n) is 5.23. The lowest BCUT2D eigenvalue weighted by Gasteiger charge is -2.12. The van der Waals surface area contributed by atoms with Crippen LogP contribution in [0.2, 0.25) is 0 Å². The van der Waals surface area contributed by atoms with Crippen molar-refractivity contribution in [1.29, 1.82) is 0 Å². The van der Waals surface area contributed by atoms with Crippen LogP contribution in [0.1, 0.15) is 18.4 Å². The Morgan fingerprint density at radius 3 is 2.68 bits per heavy atom. The Balaban J connectivity index is 1.74. The highest BCUT2D eigenvalue weighted by atomic mass is 32.2. The number of carbonyl (C=O) groups excluding carboxylic acids is 1. The van der Waals surface area contributed by atoms with Crippen LogP contribution in [0.15, 0.2) is 29.7 Å². The van der Waals surface area contributed by atoms with E-state index in [1.807, 2.05) is 37.6 Å². The monoisotopic (exact) mass is 375 g/mol. The van der Waals surface area contributed by atoms with Crippen molar-refractivity contribution in [2.24, 2.45) is 7.05 Å². The quantitative estimate of drug-likeness (QED) is 0.661. The first-order chi connectivity index (χ1) is 12.1. The zero-order chi connectivity index (χ0) is 17.8. The smallest absolute Gasteiger partial charge is 0.239 e. The molecule has 0 saturated carbocycles. The van der Waals surface area contributed by atoms with Crippen molar-refractivity contribution in [2.75, 3.05) is 5.32 Å². The SMILES string of the molecule is CC[C@@H](Sc1nnc(-c2ccncc2)n1C)C(=O)Nc1nnc(C)s1. The average molecular weight is 375 g/mol. The molecule has 3 rings (SSSR count). The molecule has 0 aliphatic carbocycles. The van der Waals surface area contributed by atoms with E-state index in [2.05, 4.69) is 30.7 Å². The summed E-state index contributed by atoms with van der Waals surface area (Å²) in [7, 11) is 1.89. The Kier molecular flexibility index (Phi) is 5.39. The van der Waals surface area contributed by atoms with Crippen molar-refractivity contribution in [3.63, 3.8) is 0 Å². The van der Waals surface area contributed by atoms with Gasteiger partial charge >= 0.3 is 0 Å². The van der Waals surface area contributed by atoms with Crippen LogP contribution < -0.4 is 5.32 Å². The molecule has 1 amide bonds. The third-order valence-electron chi connectivity index (χ3n) is 3.44. The van der Waals surface area contributed by atoms with E-state index in [1.165, 1.54) is 23.1 Å². The summed E-state index contributed by atoms with van der Waals surface area (Å²) in [5.41, 5.74) is 0.929. The lowest BCUT2D eigenvalue weighted by molar-refractivity contribution is -0.115. The molecule has 25 heavy (non-hydrogen) atoms. The highest BCUT2D eigenvalue weighted by Crippen LogP contribution is 2.28. The molecule has 0 unspecified atom stereocenters. The van der Waals surface area contributed by atoms with E-state index in [9.17, 15) is 4.79 Å². The summed E-state index contributed by atoms with van der Waals surface area (Å²) in [6, 6.07) is 3.75. The zero-order valence-electron chi connectivity index (χ0n) is 14.0. The Morgan fingerprint density at radius 1 is 1.28 bits per heavy atom. The third kappa shape index (κ3) is 4.02. The number of carbonyl (C=O) groups is 1. The predicted molar refractivity (Wildman–Crippen MR) is 97.4 cm³/mol. The Hall–Kier alpha value is -2.33. The Bertz CT molecular complexity index is 862. The molecule has 0 radical (unpaired) electrons. The van der Waals surface area contributed by atoms with Gasteiger partial charge in [-0.05, 0) is 25.5 Å². The van der Waals surface area contributed by atoms with Crippen molar-refractivity contribution in [2.45, 2.75) is 30.7 Å². The number of nitrogens with one attached hydrogen (secondary N) is 1. The fourth-order valence-electron chi connectivity index (χ4n) is 2.15. The van der Waals surface area contributed by atoms with E-state index in [0.717, 1.165) is 16.4 Å². The number of aryl methyl sites for hydroxylation is 1. The fraction of sp³-hybridized carbons (Fsp3) is 0.333. The molecule has 3 heterocycles. The lowest BCUT2D eigenvalue weighted by Crippen LogP contribution is -2.25. The van der Waals surface area contributed by atoms with Gasteiger partial charge in [-0.2, -0.15) is 0 Å². The van der Waals surface area contributed by atoms with Gasteiger partial charge in [0.15, 0.2) is 11.0 Å². The molecule has 3 aromatic rings. The van der Waals surface area contributed by atoms with Gasteiger partial charge in [-0.15, -0.1) is 20.4 Å². The second kappa shape index (κ2) is 7.70. The zero-order valence-corrected chi connectivity index (χ0v) is 15.6. The topological polar surface area (TPSA) is 98.5 Å². The summed E-state index contributed by atoms with van der Waals surface area (Å²) >= 11 is 2.74. The third-order valence-corrected chi connectivity index (χ3v) is 5.59. The molecule has 0 saturated heterocycles. The summed E-state index contributed by atoms with van der Waals surface area (Å²) in [5.74, 6) is 0.622. The van der Waals surface area contributed by atoms with Crippen LogP contribution >= 0.6 is 23.1 Å². The number of aromatic nitrogens is 6. The van der Waals surface area contributed by atoms with E-state index >= 15 is 0 Å². The van der Waals surface area contributed by atoms with Gasteiger partial charge in [0.2, 0.25) is 11.0 Å². The standard InChI is InChI=1S/C15H17N7OS2/c1-4-11(13(23)17-14-20-18-9(2)24-14)25-15-21-19-12(22(15)3)10-5-7-16-8-6-10/h5-8,11H,4H2,1-3H3,(H,17,20,23)/t11-/m1/s1. The maximum absolute atomic E-state index is 12.5. The molecular weight excluding hydrogens is 358 g/mol. The van der Waals surface area contributed by atoms with Crippen molar-refractivity contribution < 1.29 is 4.79 Å². The number of hydrogen-bond donors (Lipinski definition) is 1. The van der Waals surface area contributed by atoms with Crippen molar-refractivity contribution in [3.05, 3.63) is 29.5 Å². The van der Waals surface area contributed by atoms with Crippen molar-refractivity contribution >= 4 is 34.1 Å². The van der Waals surface area contributed by atoms with Gasteiger partial charge in [-0.3, -0.25) is 15.1 Å². The van der Waals surface area contributed by atoms with E-state index in [1.54, 1.807) is 12.4 Å². The van der Waals surface area contributed by atoms with Gasteiger partial charge in [-0.25, -0.2) is 0 Å². The normalized spacial score (nSPS) is 12.1. The number of hydrogen-bond acceptors (Lipinski definition) is 8. The van der Waals surface area contributed by atoms with Crippen LogP contribution in [0.5, 0.6) is 0 Å². The number of anilines is 1. The second-order valence-corrected chi connectivity index (χ2v) is 7.58. The van der Waals surface area contributed by atoms with Crippen LogP contribution in [0.25, 0.3) is 11.4 Å². The molecular formula is C15H17N7OS2. The van der Waals surface area contributed by atoms with E-state index in [4.69, 9.17) is 0 Å².